The summed E-state index contributed by atoms with van der Waals surface area (Å²) in [5.41, 5.74) is 2.87. The third-order valence-corrected chi connectivity index (χ3v) is 7.24. The van der Waals surface area contributed by atoms with Gasteiger partial charge in [-0.1, -0.05) is 6.08 Å². The predicted octanol–water partition coefficient (Wildman–Crippen LogP) is 2.88. The van der Waals surface area contributed by atoms with Gasteiger partial charge in [-0.05, 0) is 45.2 Å². The average molecular weight is 541 g/mol. The van der Waals surface area contributed by atoms with E-state index < -0.39 is 0 Å². The maximum absolute atomic E-state index is 13.3. The number of aromatic amines is 1. The van der Waals surface area contributed by atoms with E-state index in [9.17, 15) is 9.59 Å². The Kier molecular flexibility index (Phi) is 6.46. The number of H-pyrrole nitrogens is 1. The minimum Gasteiger partial charge on any atom is -0.368 e. The normalized spacial score (nSPS) is 14.4. The first-order valence-electron chi connectivity index (χ1n) is 13.4. The molecule has 1 saturated heterocycles. The van der Waals surface area contributed by atoms with Gasteiger partial charge in [0.1, 0.15) is 5.39 Å². The van der Waals surface area contributed by atoms with E-state index >= 15 is 0 Å². The molecule has 2 N–H and O–H groups in total. The Hall–Kier alpha value is -4.71. The molecular formula is C28H32N10O2. The Labute approximate surface area is 230 Å². The molecule has 12 nitrogen and oxygen atoms in total. The lowest BCUT2D eigenvalue weighted by atomic mass is 10.1. The molecule has 0 atom stereocenters. The second kappa shape index (κ2) is 10.1. The van der Waals surface area contributed by atoms with Crippen molar-refractivity contribution in [3.05, 3.63) is 76.1 Å². The van der Waals surface area contributed by atoms with Crippen LogP contribution in [0, 0.1) is 0 Å². The van der Waals surface area contributed by atoms with Crippen molar-refractivity contribution in [3.63, 3.8) is 0 Å². The molecule has 0 spiro atoms. The Morgan fingerprint density at radius 3 is 2.65 bits per heavy atom. The van der Waals surface area contributed by atoms with Crippen LogP contribution in [0.25, 0.3) is 27.8 Å². The number of hydrogen-bond donors (Lipinski definition) is 2. The molecule has 1 aliphatic rings. The van der Waals surface area contributed by atoms with Crippen molar-refractivity contribution in [1.82, 2.24) is 39.0 Å². The second-order valence-electron chi connectivity index (χ2n) is 10.3. The first-order chi connectivity index (χ1) is 19.3. The molecular weight excluding hydrogens is 508 g/mol. The van der Waals surface area contributed by atoms with Crippen LogP contribution in [0.15, 0.2) is 65.0 Å². The highest BCUT2D eigenvalue weighted by atomic mass is 16.1. The molecule has 1 fully saturated rings. The largest absolute Gasteiger partial charge is 0.368 e. The number of anilines is 3. The van der Waals surface area contributed by atoms with Crippen LogP contribution < -0.4 is 21.3 Å². The summed E-state index contributed by atoms with van der Waals surface area (Å²) in [4.78, 5) is 43.0. The quantitative estimate of drug-likeness (QED) is 0.302. The lowest BCUT2D eigenvalue weighted by Gasteiger charge is -2.34. The highest BCUT2D eigenvalue weighted by Crippen LogP contribution is 2.32. The molecule has 5 aromatic rings. The van der Waals surface area contributed by atoms with E-state index in [0.29, 0.717) is 22.8 Å². The SMILES string of the molecule is C=CCn1c(=O)c2cnc(Nc3cc(N4CCN(C)CC4)c4cc[nH]c4c3)nc2n1-c1ccc(=O)n(C(C)C)n1. The molecule has 1 aromatic carbocycles. The molecule has 4 aromatic heterocycles. The number of benzene rings is 1. The molecule has 0 unspecified atom stereocenters. The van der Waals surface area contributed by atoms with E-state index in [4.69, 9.17) is 4.98 Å². The standard InChI is InChI=1S/C28H32N10O2/c1-5-10-36-27(40)21-17-30-28(32-26(21)38(36)24-6-7-25(39)37(33-24)18(2)3)31-19-15-22-20(8-9-29-22)23(16-19)35-13-11-34(4)12-14-35/h5-9,15-18,29H,1,10-14H2,2-4H3,(H,30,31,32). The fourth-order valence-corrected chi connectivity index (χ4v) is 5.16. The highest BCUT2D eigenvalue weighted by molar-refractivity contribution is 5.96. The van der Waals surface area contributed by atoms with Gasteiger partial charge in [0, 0.05) is 66.9 Å². The number of hydrogen-bond acceptors (Lipinski definition) is 8. The smallest absolute Gasteiger partial charge is 0.278 e. The number of rotatable bonds is 7. The Morgan fingerprint density at radius 2 is 1.90 bits per heavy atom. The van der Waals surface area contributed by atoms with Gasteiger partial charge in [0.05, 0.1) is 12.6 Å². The molecule has 0 aliphatic carbocycles. The lowest BCUT2D eigenvalue weighted by Crippen LogP contribution is -2.44. The number of allylic oxidation sites excluding steroid dienone is 1. The van der Waals surface area contributed by atoms with Crippen molar-refractivity contribution in [1.29, 1.82) is 0 Å². The fourth-order valence-electron chi connectivity index (χ4n) is 5.16. The summed E-state index contributed by atoms with van der Waals surface area (Å²) < 4.78 is 4.49. The molecule has 0 saturated carbocycles. The van der Waals surface area contributed by atoms with E-state index in [1.807, 2.05) is 26.1 Å². The van der Waals surface area contributed by atoms with Gasteiger partial charge in [-0.25, -0.2) is 19.0 Å². The van der Waals surface area contributed by atoms with Gasteiger partial charge >= 0.3 is 0 Å². The molecule has 12 heteroatoms. The van der Waals surface area contributed by atoms with Crippen molar-refractivity contribution in [2.45, 2.75) is 26.4 Å². The van der Waals surface area contributed by atoms with Crippen LogP contribution in [-0.2, 0) is 6.54 Å². The summed E-state index contributed by atoms with van der Waals surface area (Å²) in [6, 6.07) is 9.13. The van der Waals surface area contributed by atoms with Gasteiger partial charge in [-0.15, -0.1) is 11.7 Å². The van der Waals surface area contributed by atoms with Gasteiger partial charge in [-0.3, -0.25) is 9.59 Å². The maximum Gasteiger partial charge on any atom is 0.278 e. The number of nitrogens with zero attached hydrogens (tertiary/aromatic N) is 8. The number of fused-ring (bicyclic) bond motifs is 2. The van der Waals surface area contributed by atoms with Crippen LogP contribution >= 0.6 is 0 Å². The summed E-state index contributed by atoms with van der Waals surface area (Å²) in [5, 5.41) is 9.39. The van der Waals surface area contributed by atoms with Crippen LogP contribution in [0.2, 0.25) is 0 Å². The number of piperazine rings is 1. The van der Waals surface area contributed by atoms with Crippen molar-refractivity contribution in [3.8, 4) is 5.82 Å². The van der Waals surface area contributed by atoms with Crippen molar-refractivity contribution in [2.75, 3.05) is 43.4 Å². The monoisotopic (exact) mass is 540 g/mol. The van der Waals surface area contributed by atoms with E-state index in [2.05, 4.69) is 55.9 Å². The lowest BCUT2D eigenvalue weighted by molar-refractivity contribution is 0.313. The summed E-state index contributed by atoms with van der Waals surface area (Å²) in [6.07, 6.45) is 5.10. The van der Waals surface area contributed by atoms with E-state index in [1.165, 1.54) is 21.6 Å². The number of nitrogens with one attached hydrogen (secondary N) is 2. The van der Waals surface area contributed by atoms with Gasteiger partial charge in [-0.2, -0.15) is 4.98 Å². The minimum atomic E-state index is -0.268. The van der Waals surface area contributed by atoms with Gasteiger partial charge in [0.15, 0.2) is 11.5 Å². The van der Waals surface area contributed by atoms with Crippen molar-refractivity contribution >= 4 is 39.3 Å². The molecule has 5 heterocycles. The predicted molar refractivity (Wildman–Crippen MR) is 157 cm³/mol. The third-order valence-electron chi connectivity index (χ3n) is 7.24. The van der Waals surface area contributed by atoms with Gasteiger partial charge < -0.3 is 20.1 Å². The molecule has 0 radical (unpaired) electrons. The number of likely N-dealkylation sites (N-methyl/N-ethyl adjacent to an activating group) is 1. The molecule has 6 rings (SSSR count). The van der Waals surface area contributed by atoms with Crippen molar-refractivity contribution in [2.24, 2.45) is 0 Å². The first-order valence-corrected chi connectivity index (χ1v) is 13.4. The zero-order chi connectivity index (χ0) is 28.0. The summed E-state index contributed by atoms with van der Waals surface area (Å²) in [7, 11) is 2.14. The summed E-state index contributed by atoms with van der Waals surface area (Å²) >= 11 is 0. The Balaban J connectivity index is 1.45. The number of aromatic nitrogens is 7. The van der Waals surface area contributed by atoms with Crippen LogP contribution in [-0.4, -0.2) is 72.2 Å². The van der Waals surface area contributed by atoms with Crippen LogP contribution in [0.1, 0.15) is 19.9 Å². The van der Waals surface area contributed by atoms with Gasteiger partial charge in [0.2, 0.25) is 5.95 Å². The summed E-state index contributed by atoms with van der Waals surface area (Å²) in [5.74, 6) is 0.737. The molecule has 40 heavy (non-hydrogen) atoms. The molecule has 206 valence electrons. The Bertz CT molecular complexity index is 1840. The molecule has 1 aliphatic heterocycles. The van der Waals surface area contributed by atoms with Crippen molar-refractivity contribution < 1.29 is 0 Å². The Morgan fingerprint density at radius 1 is 1.10 bits per heavy atom. The summed E-state index contributed by atoms with van der Waals surface area (Å²) in [6.45, 7) is 11.7. The van der Waals surface area contributed by atoms with E-state index in [1.54, 1.807) is 16.8 Å². The average Bonchev–Trinajstić information content (AvgIpc) is 3.52. The molecule has 0 amide bonds. The fraction of sp³-hybridized carbons (Fsp3) is 0.321. The maximum atomic E-state index is 13.3. The zero-order valence-corrected chi connectivity index (χ0v) is 22.8. The van der Waals surface area contributed by atoms with Crippen LogP contribution in [0.3, 0.4) is 0 Å². The first kappa shape index (κ1) is 25.6. The molecule has 0 bridgehead atoms. The third kappa shape index (κ3) is 4.45. The van der Waals surface area contributed by atoms with Crippen LogP contribution in [0.4, 0.5) is 17.3 Å². The topological polar surface area (TPSA) is 122 Å². The van der Waals surface area contributed by atoms with Gasteiger partial charge in [0.25, 0.3) is 11.1 Å². The minimum absolute atomic E-state index is 0.155. The van der Waals surface area contributed by atoms with E-state index in [0.717, 1.165) is 48.5 Å². The second-order valence-corrected chi connectivity index (χ2v) is 10.3. The highest BCUT2D eigenvalue weighted by Gasteiger charge is 2.20. The van der Waals surface area contributed by atoms with Crippen LogP contribution in [0.5, 0.6) is 0 Å². The zero-order valence-electron chi connectivity index (χ0n) is 22.8. The van der Waals surface area contributed by atoms with E-state index in [-0.39, 0.29) is 23.7 Å².